The maximum absolute atomic E-state index is 12.9. The van der Waals surface area contributed by atoms with E-state index in [4.69, 9.17) is 11.6 Å². The number of piperidine rings is 1. The first kappa shape index (κ1) is 20.9. The normalized spacial score (nSPS) is 20.6. The number of carbonyl (C=O) groups is 1. The molecule has 1 aromatic heterocycles. The molecule has 160 valence electrons. The van der Waals surface area contributed by atoms with E-state index < -0.39 is 0 Å². The molecule has 7 heteroatoms. The van der Waals surface area contributed by atoms with Gasteiger partial charge >= 0.3 is 0 Å². The fourth-order valence-corrected chi connectivity index (χ4v) is 4.69. The molecule has 1 saturated carbocycles. The summed E-state index contributed by atoms with van der Waals surface area (Å²) in [5.41, 5.74) is 0.426. The molecule has 1 aromatic carbocycles. The quantitative estimate of drug-likeness (QED) is 0.749. The van der Waals surface area contributed by atoms with Crippen LogP contribution in [0.3, 0.4) is 0 Å². The van der Waals surface area contributed by atoms with Crippen molar-refractivity contribution < 1.29 is 4.79 Å². The molecule has 2 aromatic rings. The zero-order chi connectivity index (χ0) is 20.9. The summed E-state index contributed by atoms with van der Waals surface area (Å²) < 4.78 is 1.37. The van der Waals surface area contributed by atoms with Crippen molar-refractivity contribution in [2.75, 3.05) is 18.0 Å². The summed E-state index contributed by atoms with van der Waals surface area (Å²) in [6.07, 6.45) is 8.97. The second kappa shape index (κ2) is 9.65. The van der Waals surface area contributed by atoms with Gasteiger partial charge in [0.15, 0.2) is 0 Å². The van der Waals surface area contributed by atoms with E-state index in [2.05, 4.69) is 15.3 Å². The third kappa shape index (κ3) is 5.04. The highest BCUT2D eigenvalue weighted by Gasteiger charge is 2.28. The van der Waals surface area contributed by atoms with Crippen LogP contribution in [-0.2, 0) is 4.79 Å². The molecule has 0 radical (unpaired) electrons. The van der Waals surface area contributed by atoms with Crippen LogP contribution in [0.1, 0.15) is 51.4 Å². The van der Waals surface area contributed by atoms with E-state index in [9.17, 15) is 9.59 Å². The fraction of sp³-hybridized carbons (Fsp3) is 0.522. The number of nitrogens with one attached hydrogen (secondary N) is 1. The molecule has 0 bridgehead atoms. The molecule has 1 amide bonds. The highest BCUT2D eigenvalue weighted by atomic mass is 35.5. The van der Waals surface area contributed by atoms with Crippen molar-refractivity contribution in [2.45, 2.75) is 57.4 Å². The van der Waals surface area contributed by atoms with Gasteiger partial charge in [-0.15, -0.1) is 5.10 Å². The summed E-state index contributed by atoms with van der Waals surface area (Å²) in [5, 5.41) is 8.42. The van der Waals surface area contributed by atoms with Gasteiger partial charge in [-0.2, -0.15) is 4.68 Å². The molecule has 1 aliphatic carbocycles. The second-order valence-corrected chi connectivity index (χ2v) is 8.84. The lowest BCUT2D eigenvalue weighted by molar-refractivity contribution is -0.126. The number of rotatable bonds is 4. The fourth-order valence-electron chi connectivity index (χ4n) is 4.50. The molecule has 30 heavy (non-hydrogen) atoms. The number of hydrogen-bond donors (Lipinski definition) is 1. The Hall–Kier alpha value is -2.34. The monoisotopic (exact) mass is 428 g/mol. The number of hydrogen-bond acceptors (Lipinski definition) is 4. The third-order valence-electron chi connectivity index (χ3n) is 6.16. The Morgan fingerprint density at radius 1 is 1.03 bits per heavy atom. The van der Waals surface area contributed by atoms with Crippen LogP contribution in [-0.4, -0.2) is 34.8 Å². The van der Waals surface area contributed by atoms with Gasteiger partial charge in [-0.3, -0.25) is 9.59 Å². The Bertz CT molecular complexity index is 937. The van der Waals surface area contributed by atoms with E-state index in [-0.39, 0.29) is 17.4 Å². The van der Waals surface area contributed by atoms with Crippen molar-refractivity contribution >= 4 is 23.3 Å². The van der Waals surface area contributed by atoms with Gasteiger partial charge in [-0.1, -0.05) is 43.4 Å². The molecule has 6 nitrogen and oxygen atoms in total. The molecule has 2 fully saturated rings. The average Bonchev–Trinajstić information content (AvgIpc) is 3.03. The first-order chi connectivity index (χ1) is 14.6. The molecule has 2 aliphatic rings. The van der Waals surface area contributed by atoms with Crippen LogP contribution in [0.4, 0.5) is 5.82 Å². The van der Waals surface area contributed by atoms with E-state index in [1.54, 1.807) is 24.3 Å². The predicted molar refractivity (Wildman–Crippen MR) is 119 cm³/mol. The average molecular weight is 429 g/mol. The Labute approximate surface area is 182 Å². The SMILES string of the molecule is O=C(NC1CCCCCC1)[C@@H]1CCCN(c2ccc(=O)n(-c3cccc(Cl)c3)n2)C1. The van der Waals surface area contributed by atoms with Crippen LogP contribution < -0.4 is 15.8 Å². The molecule has 1 atom stereocenters. The minimum atomic E-state index is -0.208. The maximum atomic E-state index is 12.9. The zero-order valence-corrected chi connectivity index (χ0v) is 18.0. The van der Waals surface area contributed by atoms with Gasteiger partial charge in [0.2, 0.25) is 5.91 Å². The summed E-state index contributed by atoms with van der Waals surface area (Å²) in [5.74, 6) is 0.826. The smallest absolute Gasteiger partial charge is 0.271 e. The zero-order valence-electron chi connectivity index (χ0n) is 17.2. The lowest BCUT2D eigenvalue weighted by atomic mass is 9.96. The summed E-state index contributed by atoms with van der Waals surface area (Å²) in [6.45, 7) is 1.45. The van der Waals surface area contributed by atoms with E-state index >= 15 is 0 Å². The standard InChI is InChI=1S/C23H29ClN4O2/c24-18-8-5-11-20(15-18)28-22(29)13-12-21(26-28)27-14-6-7-17(16-27)23(30)25-19-9-3-1-2-4-10-19/h5,8,11-13,15,17,19H,1-4,6-7,9-10,14,16H2,(H,25,30)/t17-/m1/s1. The van der Waals surface area contributed by atoms with Crippen LogP contribution in [0, 0.1) is 5.92 Å². The topological polar surface area (TPSA) is 67.2 Å². The lowest BCUT2D eigenvalue weighted by Gasteiger charge is -2.33. The maximum Gasteiger partial charge on any atom is 0.271 e. The van der Waals surface area contributed by atoms with Gasteiger partial charge in [0, 0.05) is 30.2 Å². The number of halogens is 1. The number of benzene rings is 1. The van der Waals surface area contributed by atoms with Gasteiger partial charge in [0.05, 0.1) is 11.6 Å². The summed E-state index contributed by atoms with van der Waals surface area (Å²) in [4.78, 5) is 27.4. The number of carbonyl (C=O) groups excluding carboxylic acids is 1. The van der Waals surface area contributed by atoms with Crippen LogP contribution >= 0.6 is 11.6 Å². The molecule has 1 saturated heterocycles. The van der Waals surface area contributed by atoms with Gasteiger partial charge in [-0.25, -0.2) is 0 Å². The number of aromatic nitrogens is 2. The van der Waals surface area contributed by atoms with Crippen molar-refractivity contribution in [1.82, 2.24) is 15.1 Å². The lowest BCUT2D eigenvalue weighted by Crippen LogP contribution is -2.46. The minimum Gasteiger partial charge on any atom is -0.354 e. The number of anilines is 1. The van der Waals surface area contributed by atoms with Crippen LogP contribution in [0.2, 0.25) is 5.02 Å². The van der Waals surface area contributed by atoms with E-state index in [1.807, 2.05) is 6.07 Å². The summed E-state index contributed by atoms with van der Waals surface area (Å²) in [6, 6.07) is 10.7. The summed E-state index contributed by atoms with van der Waals surface area (Å²) >= 11 is 6.08. The van der Waals surface area contributed by atoms with Gasteiger partial charge in [0.25, 0.3) is 5.56 Å². The first-order valence-electron chi connectivity index (χ1n) is 11.0. The second-order valence-electron chi connectivity index (χ2n) is 8.40. The van der Waals surface area contributed by atoms with Crippen molar-refractivity contribution in [3.05, 3.63) is 51.8 Å². The first-order valence-corrected chi connectivity index (χ1v) is 11.4. The number of amides is 1. The van der Waals surface area contributed by atoms with E-state index in [0.29, 0.717) is 29.1 Å². The van der Waals surface area contributed by atoms with Crippen LogP contribution in [0.5, 0.6) is 0 Å². The van der Waals surface area contributed by atoms with Gasteiger partial charge < -0.3 is 10.2 Å². The largest absolute Gasteiger partial charge is 0.354 e. The molecule has 4 rings (SSSR count). The molecule has 0 unspecified atom stereocenters. The van der Waals surface area contributed by atoms with Crippen LogP contribution in [0.25, 0.3) is 5.69 Å². The Kier molecular flexibility index (Phi) is 6.72. The molecule has 0 spiro atoms. The molecular weight excluding hydrogens is 400 g/mol. The highest BCUT2D eigenvalue weighted by Crippen LogP contribution is 2.23. The van der Waals surface area contributed by atoms with E-state index in [0.717, 1.165) is 32.2 Å². The van der Waals surface area contributed by atoms with Crippen molar-refractivity contribution in [3.63, 3.8) is 0 Å². The Morgan fingerprint density at radius 2 is 1.83 bits per heavy atom. The van der Waals surface area contributed by atoms with Crippen molar-refractivity contribution in [2.24, 2.45) is 5.92 Å². The highest BCUT2D eigenvalue weighted by molar-refractivity contribution is 6.30. The summed E-state index contributed by atoms with van der Waals surface area (Å²) in [7, 11) is 0. The van der Waals surface area contributed by atoms with Crippen molar-refractivity contribution in [1.29, 1.82) is 0 Å². The van der Waals surface area contributed by atoms with E-state index in [1.165, 1.54) is 36.4 Å². The molecule has 1 N–H and O–H groups in total. The minimum absolute atomic E-state index is 0.0460. The molecule has 2 heterocycles. The third-order valence-corrected chi connectivity index (χ3v) is 6.39. The Balaban J connectivity index is 1.47. The van der Waals surface area contributed by atoms with Gasteiger partial charge in [0.1, 0.15) is 5.82 Å². The molecule has 1 aliphatic heterocycles. The van der Waals surface area contributed by atoms with Gasteiger partial charge in [-0.05, 0) is 49.9 Å². The van der Waals surface area contributed by atoms with Crippen LogP contribution in [0.15, 0.2) is 41.2 Å². The Morgan fingerprint density at radius 3 is 2.60 bits per heavy atom. The van der Waals surface area contributed by atoms with Crippen molar-refractivity contribution in [3.8, 4) is 5.69 Å². The predicted octanol–water partition coefficient (Wildman–Crippen LogP) is 3.94. The number of nitrogens with zero attached hydrogens (tertiary/aromatic N) is 3. The molecular formula is C23H29ClN4O2.